The van der Waals surface area contributed by atoms with Gasteiger partial charge < -0.3 is 15.7 Å². The first-order chi connectivity index (χ1) is 16.3. The van der Waals surface area contributed by atoms with Crippen molar-refractivity contribution in [1.82, 2.24) is 9.80 Å². The van der Waals surface area contributed by atoms with Crippen LogP contribution in [0, 0.1) is 12.3 Å². The lowest BCUT2D eigenvalue weighted by molar-refractivity contribution is -0.142. The van der Waals surface area contributed by atoms with E-state index in [-0.39, 0.29) is 40.3 Å². The van der Waals surface area contributed by atoms with E-state index in [4.69, 9.17) is 16.2 Å². The number of amides is 3. The number of carboxylic acids is 1. The molecule has 3 rings (SSSR count). The highest BCUT2D eigenvalue weighted by atomic mass is 32.1. The van der Waals surface area contributed by atoms with Crippen LogP contribution in [-0.2, 0) is 14.4 Å². The maximum atomic E-state index is 13.8. The normalized spacial score (nSPS) is 19.2. The van der Waals surface area contributed by atoms with Gasteiger partial charge in [-0.1, -0.05) is 25.7 Å². The number of imide groups is 1. The average Bonchev–Trinajstić information content (AvgIpc) is 3.37. The van der Waals surface area contributed by atoms with Crippen molar-refractivity contribution in [3.63, 3.8) is 0 Å². The molecule has 34 heavy (non-hydrogen) atoms. The summed E-state index contributed by atoms with van der Waals surface area (Å²) in [5, 5.41) is 18.3. The van der Waals surface area contributed by atoms with Gasteiger partial charge >= 0.3 is 5.97 Å². The van der Waals surface area contributed by atoms with Gasteiger partial charge in [-0.3, -0.25) is 24.7 Å². The molecule has 2 aliphatic rings. The molecule has 11 heteroatoms. The van der Waals surface area contributed by atoms with E-state index in [0.717, 1.165) is 37.0 Å². The van der Waals surface area contributed by atoms with Gasteiger partial charge in [0.05, 0.1) is 17.0 Å². The van der Waals surface area contributed by atoms with Gasteiger partial charge in [-0.05, 0) is 38.2 Å². The Bertz CT molecular complexity index is 996. The number of nitrogens with one attached hydrogen (secondary N) is 1. The predicted molar refractivity (Wildman–Crippen MR) is 128 cm³/mol. The molecule has 4 N–H and O–H groups in total. The zero-order valence-electron chi connectivity index (χ0n) is 19.0. The van der Waals surface area contributed by atoms with Crippen molar-refractivity contribution < 1.29 is 24.3 Å². The summed E-state index contributed by atoms with van der Waals surface area (Å²) < 4.78 is 0. The molecule has 1 saturated carbocycles. The number of likely N-dealkylation sites (tertiary alicyclic amines) is 1. The molecule has 2 fully saturated rings. The third-order valence-corrected chi connectivity index (χ3v) is 7.35. The zero-order chi connectivity index (χ0) is 24.8. The Balaban J connectivity index is 1.94. The van der Waals surface area contributed by atoms with Crippen LogP contribution in [-0.4, -0.2) is 75.8 Å². The molecular formula is C23H30N5O5S. The second-order valence-corrected chi connectivity index (χ2v) is 9.39. The van der Waals surface area contributed by atoms with Gasteiger partial charge in [-0.15, -0.1) is 11.3 Å². The van der Waals surface area contributed by atoms with E-state index in [1.165, 1.54) is 15.2 Å². The SMILES string of the molecule is [CH2]c1c(C(=O)N(C(=O)[C@@H]2CCCN2C(=O)CN)C2CCCCCC2)csc1C(=N)N=CC(=O)O. The Hall–Kier alpha value is -2.92. The van der Waals surface area contributed by atoms with E-state index in [2.05, 4.69) is 11.9 Å². The maximum Gasteiger partial charge on any atom is 0.347 e. The molecule has 0 unspecified atom stereocenters. The number of amidine groups is 1. The number of nitrogens with zero attached hydrogens (tertiary/aromatic N) is 3. The van der Waals surface area contributed by atoms with E-state index in [9.17, 15) is 19.2 Å². The lowest BCUT2D eigenvalue weighted by Gasteiger charge is -2.34. The number of hydrogen-bond acceptors (Lipinski definition) is 7. The highest BCUT2D eigenvalue weighted by Crippen LogP contribution is 2.30. The number of carbonyl (C=O) groups excluding carboxylic acids is 3. The van der Waals surface area contributed by atoms with Crippen molar-refractivity contribution in [1.29, 1.82) is 5.41 Å². The molecule has 3 amide bonds. The van der Waals surface area contributed by atoms with Crippen molar-refractivity contribution in [3.8, 4) is 0 Å². The summed E-state index contributed by atoms with van der Waals surface area (Å²) >= 11 is 1.05. The standard InChI is InChI=1S/C23H30N5O5S/c1-14-16(13-34-20(14)21(25)26-12-19(30)31)22(32)28(15-7-4-2-3-5-8-15)23(33)17-9-6-10-27(17)18(29)11-24/h12-13,15,17,25H,1-11,24H2,(H,30,31)/t17-/m0/s1. The summed E-state index contributed by atoms with van der Waals surface area (Å²) in [6.07, 6.45) is 7.00. The van der Waals surface area contributed by atoms with Crippen LogP contribution < -0.4 is 5.73 Å². The Kier molecular flexibility index (Phi) is 8.67. The number of nitrogens with two attached hydrogens (primary N) is 1. The molecule has 1 atom stereocenters. The Labute approximate surface area is 202 Å². The van der Waals surface area contributed by atoms with Crippen LogP contribution in [0.25, 0.3) is 0 Å². The van der Waals surface area contributed by atoms with Crippen molar-refractivity contribution >= 4 is 47.1 Å². The van der Waals surface area contributed by atoms with Gasteiger partial charge in [-0.2, -0.15) is 0 Å². The van der Waals surface area contributed by atoms with Crippen molar-refractivity contribution in [2.24, 2.45) is 10.7 Å². The van der Waals surface area contributed by atoms with Crippen molar-refractivity contribution in [3.05, 3.63) is 28.3 Å². The van der Waals surface area contributed by atoms with Gasteiger partial charge in [0.1, 0.15) is 12.3 Å². The van der Waals surface area contributed by atoms with Gasteiger partial charge in [-0.25, -0.2) is 9.79 Å². The first-order valence-corrected chi connectivity index (χ1v) is 12.3. The fraction of sp³-hybridized carbons (Fsp3) is 0.522. The smallest absolute Gasteiger partial charge is 0.347 e. The quantitative estimate of drug-likeness (QED) is 0.241. The van der Waals surface area contributed by atoms with Crippen molar-refractivity contribution in [2.45, 2.75) is 63.5 Å². The minimum Gasteiger partial charge on any atom is -0.477 e. The average molecular weight is 489 g/mol. The highest BCUT2D eigenvalue weighted by molar-refractivity contribution is 7.12. The van der Waals surface area contributed by atoms with Gasteiger partial charge in [0.2, 0.25) is 5.91 Å². The van der Waals surface area contributed by atoms with Crippen LogP contribution in [0.5, 0.6) is 0 Å². The molecule has 10 nitrogen and oxygen atoms in total. The number of aliphatic imine (C=N–C) groups is 1. The molecule has 0 spiro atoms. The fourth-order valence-corrected chi connectivity index (χ4v) is 5.53. The molecule has 1 aliphatic heterocycles. The lowest BCUT2D eigenvalue weighted by atomic mass is 10.0. The lowest BCUT2D eigenvalue weighted by Crippen LogP contribution is -2.54. The third-order valence-electron chi connectivity index (χ3n) is 6.32. The zero-order valence-corrected chi connectivity index (χ0v) is 19.8. The van der Waals surface area contributed by atoms with Crippen LogP contribution in [0.3, 0.4) is 0 Å². The van der Waals surface area contributed by atoms with Crippen LogP contribution in [0.1, 0.15) is 72.2 Å². The molecule has 1 saturated heterocycles. The van der Waals surface area contributed by atoms with Gasteiger partial charge in [0.25, 0.3) is 11.8 Å². The summed E-state index contributed by atoms with van der Waals surface area (Å²) in [6.45, 7) is 4.15. The summed E-state index contributed by atoms with van der Waals surface area (Å²) in [7, 11) is 0. The Morgan fingerprint density at radius 3 is 2.50 bits per heavy atom. The van der Waals surface area contributed by atoms with E-state index < -0.39 is 23.8 Å². The molecule has 0 aromatic carbocycles. The van der Waals surface area contributed by atoms with Crippen LogP contribution in [0.15, 0.2) is 10.4 Å². The first kappa shape index (κ1) is 25.7. The Morgan fingerprint density at radius 2 is 1.88 bits per heavy atom. The topological polar surface area (TPSA) is 157 Å². The number of thiophene rings is 1. The molecule has 1 aliphatic carbocycles. The molecule has 183 valence electrons. The van der Waals surface area contributed by atoms with Gasteiger partial charge in [0, 0.05) is 18.0 Å². The number of carboxylic acid groups (broad SMARTS) is 1. The second-order valence-electron chi connectivity index (χ2n) is 8.51. The van der Waals surface area contributed by atoms with Crippen LogP contribution in [0.4, 0.5) is 0 Å². The van der Waals surface area contributed by atoms with E-state index in [0.29, 0.717) is 38.4 Å². The molecule has 0 bridgehead atoms. The highest BCUT2D eigenvalue weighted by Gasteiger charge is 2.41. The maximum absolute atomic E-state index is 13.8. The third kappa shape index (κ3) is 5.58. The van der Waals surface area contributed by atoms with Crippen LogP contribution >= 0.6 is 11.3 Å². The molecule has 1 aromatic heterocycles. The minimum atomic E-state index is -1.29. The molecule has 2 heterocycles. The van der Waals surface area contributed by atoms with Gasteiger partial charge in [0.15, 0.2) is 5.84 Å². The van der Waals surface area contributed by atoms with E-state index in [1.54, 1.807) is 0 Å². The number of rotatable bonds is 6. The summed E-state index contributed by atoms with van der Waals surface area (Å²) in [6, 6.07) is -1.02. The van der Waals surface area contributed by atoms with Crippen LogP contribution in [0.2, 0.25) is 0 Å². The molecular weight excluding hydrogens is 458 g/mol. The summed E-state index contributed by atoms with van der Waals surface area (Å²) in [5.41, 5.74) is 5.96. The second kappa shape index (κ2) is 11.5. The molecule has 1 aromatic rings. The minimum absolute atomic E-state index is 0.183. The Morgan fingerprint density at radius 1 is 1.21 bits per heavy atom. The number of hydrogen-bond donors (Lipinski definition) is 3. The molecule has 1 radical (unpaired) electrons. The number of aliphatic carboxylic acids is 1. The van der Waals surface area contributed by atoms with E-state index in [1.807, 2.05) is 0 Å². The number of carbonyl (C=O) groups is 4. The van der Waals surface area contributed by atoms with E-state index >= 15 is 0 Å². The largest absolute Gasteiger partial charge is 0.477 e. The summed E-state index contributed by atoms with van der Waals surface area (Å²) in [5.74, 6) is -2.83. The predicted octanol–water partition coefficient (Wildman–Crippen LogP) is 2.05. The monoisotopic (exact) mass is 488 g/mol. The fourth-order valence-electron chi connectivity index (χ4n) is 4.63. The first-order valence-electron chi connectivity index (χ1n) is 11.4. The van der Waals surface area contributed by atoms with Crippen molar-refractivity contribution in [2.75, 3.05) is 13.1 Å². The summed E-state index contributed by atoms with van der Waals surface area (Å²) in [4.78, 5) is 57.2.